The van der Waals surface area contributed by atoms with Crippen molar-refractivity contribution >= 4 is 16.6 Å². The first-order valence-electron chi connectivity index (χ1n) is 9.90. The number of benzene rings is 1. The Bertz CT molecular complexity index is 1060. The molecule has 1 fully saturated rings. The van der Waals surface area contributed by atoms with Crippen molar-refractivity contribution in [3.63, 3.8) is 0 Å². The minimum atomic E-state index is -0.0836. The minimum absolute atomic E-state index is 0.0615. The van der Waals surface area contributed by atoms with E-state index < -0.39 is 0 Å². The predicted molar refractivity (Wildman–Crippen MR) is 112 cm³/mol. The fraction of sp³-hybridized carbons (Fsp3) is 0.429. The molecular formula is C21H26N6O2. The monoisotopic (exact) mass is 394 g/mol. The van der Waals surface area contributed by atoms with Crippen molar-refractivity contribution in [1.29, 1.82) is 0 Å². The van der Waals surface area contributed by atoms with E-state index in [0.29, 0.717) is 5.88 Å². The Hall–Kier alpha value is -3.00. The fourth-order valence-corrected chi connectivity index (χ4v) is 3.56. The molecule has 1 aliphatic heterocycles. The predicted octanol–water partition coefficient (Wildman–Crippen LogP) is 1.83. The average Bonchev–Trinajstić information content (AvgIpc) is 2.71. The second-order valence-electron chi connectivity index (χ2n) is 7.64. The first-order chi connectivity index (χ1) is 14.0. The van der Waals surface area contributed by atoms with Crippen LogP contribution >= 0.6 is 0 Å². The zero-order valence-corrected chi connectivity index (χ0v) is 17.1. The SMILES string of the molecule is CC(C)Oc1ncnc2ccc(N3CCN(Cc4cn(C)c(=O)cn4)CC3)cc12. The molecule has 0 unspecified atom stereocenters. The molecule has 0 radical (unpaired) electrons. The zero-order valence-electron chi connectivity index (χ0n) is 17.1. The van der Waals surface area contributed by atoms with Crippen LogP contribution in [0.2, 0.25) is 0 Å². The van der Waals surface area contributed by atoms with Crippen molar-refractivity contribution in [2.45, 2.75) is 26.5 Å². The van der Waals surface area contributed by atoms with E-state index in [-0.39, 0.29) is 11.7 Å². The summed E-state index contributed by atoms with van der Waals surface area (Å²) in [7, 11) is 1.76. The van der Waals surface area contributed by atoms with Gasteiger partial charge in [-0.25, -0.2) is 9.97 Å². The van der Waals surface area contributed by atoms with Crippen LogP contribution in [-0.4, -0.2) is 56.7 Å². The number of piperazine rings is 1. The molecule has 0 aliphatic carbocycles. The van der Waals surface area contributed by atoms with Crippen molar-refractivity contribution in [3.05, 3.63) is 53.0 Å². The zero-order chi connectivity index (χ0) is 20.4. The number of rotatable bonds is 5. The van der Waals surface area contributed by atoms with Gasteiger partial charge < -0.3 is 14.2 Å². The molecule has 1 aromatic carbocycles. The van der Waals surface area contributed by atoms with E-state index in [4.69, 9.17) is 4.74 Å². The van der Waals surface area contributed by atoms with Crippen molar-refractivity contribution < 1.29 is 4.74 Å². The molecule has 8 heteroatoms. The van der Waals surface area contributed by atoms with Gasteiger partial charge in [0.15, 0.2) is 0 Å². The van der Waals surface area contributed by atoms with E-state index in [9.17, 15) is 4.79 Å². The number of ether oxygens (including phenoxy) is 1. The molecule has 29 heavy (non-hydrogen) atoms. The number of hydrogen-bond donors (Lipinski definition) is 0. The van der Waals surface area contributed by atoms with Crippen LogP contribution in [0.4, 0.5) is 5.69 Å². The molecule has 2 aromatic heterocycles. The van der Waals surface area contributed by atoms with E-state index in [1.54, 1.807) is 17.9 Å². The summed E-state index contributed by atoms with van der Waals surface area (Å²) in [5.74, 6) is 0.631. The van der Waals surface area contributed by atoms with Crippen LogP contribution in [0, 0.1) is 0 Å². The first kappa shape index (κ1) is 19.3. The topological polar surface area (TPSA) is 76.4 Å². The Kier molecular flexibility index (Phi) is 5.44. The highest BCUT2D eigenvalue weighted by Crippen LogP contribution is 2.28. The summed E-state index contributed by atoms with van der Waals surface area (Å²) in [5, 5.41) is 0.940. The normalized spacial score (nSPS) is 15.2. The van der Waals surface area contributed by atoms with Crippen molar-refractivity contribution in [2.75, 3.05) is 31.1 Å². The van der Waals surface area contributed by atoms with Gasteiger partial charge in [0, 0.05) is 51.7 Å². The van der Waals surface area contributed by atoms with Crippen molar-refractivity contribution in [1.82, 2.24) is 24.4 Å². The molecule has 0 N–H and O–H groups in total. The number of aryl methyl sites for hydroxylation is 1. The lowest BCUT2D eigenvalue weighted by Gasteiger charge is -2.36. The molecule has 0 amide bonds. The van der Waals surface area contributed by atoms with Crippen LogP contribution in [0.15, 0.2) is 41.7 Å². The molecule has 0 spiro atoms. The van der Waals surface area contributed by atoms with E-state index in [1.807, 2.05) is 26.1 Å². The molecule has 1 saturated heterocycles. The van der Waals surface area contributed by atoms with Crippen LogP contribution in [0.25, 0.3) is 10.9 Å². The summed E-state index contributed by atoms with van der Waals surface area (Å²) in [6.45, 7) is 8.45. The van der Waals surface area contributed by atoms with Gasteiger partial charge in [0.1, 0.15) is 6.33 Å². The van der Waals surface area contributed by atoms with Gasteiger partial charge in [-0.1, -0.05) is 0 Å². The Morgan fingerprint density at radius 2 is 1.90 bits per heavy atom. The number of hydrogen-bond acceptors (Lipinski definition) is 7. The van der Waals surface area contributed by atoms with Crippen molar-refractivity contribution in [3.8, 4) is 5.88 Å². The lowest BCUT2D eigenvalue weighted by Crippen LogP contribution is -2.46. The maximum Gasteiger partial charge on any atom is 0.268 e. The Balaban J connectivity index is 1.45. The largest absolute Gasteiger partial charge is 0.474 e. The molecular weight excluding hydrogens is 368 g/mol. The molecule has 3 aromatic rings. The van der Waals surface area contributed by atoms with E-state index in [2.05, 4.69) is 36.9 Å². The van der Waals surface area contributed by atoms with Crippen LogP contribution in [0.1, 0.15) is 19.5 Å². The quantitative estimate of drug-likeness (QED) is 0.653. The molecule has 0 saturated carbocycles. The number of aromatic nitrogens is 4. The summed E-state index contributed by atoms with van der Waals surface area (Å²) >= 11 is 0. The van der Waals surface area contributed by atoms with E-state index >= 15 is 0 Å². The molecule has 0 atom stereocenters. The summed E-state index contributed by atoms with van der Waals surface area (Å²) in [5.41, 5.74) is 2.87. The Morgan fingerprint density at radius 1 is 1.10 bits per heavy atom. The molecule has 1 aliphatic rings. The molecule has 152 valence electrons. The maximum absolute atomic E-state index is 11.5. The van der Waals surface area contributed by atoms with Gasteiger partial charge in [0.25, 0.3) is 5.56 Å². The maximum atomic E-state index is 11.5. The molecule has 0 bridgehead atoms. The van der Waals surface area contributed by atoms with Gasteiger partial charge in [0.05, 0.1) is 28.9 Å². The third kappa shape index (κ3) is 4.37. The Morgan fingerprint density at radius 3 is 2.62 bits per heavy atom. The highest BCUT2D eigenvalue weighted by molar-refractivity contribution is 5.86. The number of nitrogens with zero attached hydrogens (tertiary/aromatic N) is 6. The standard InChI is InChI=1S/C21H26N6O2/c1-15(2)29-21-18-10-17(4-5-19(18)23-14-24-21)27-8-6-26(7-9-27)13-16-12-25(3)20(28)11-22-16/h4-5,10-12,14-15H,6-9,13H2,1-3H3. The molecule has 3 heterocycles. The van der Waals surface area contributed by atoms with E-state index in [0.717, 1.165) is 55.0 Å². The smallest absolute Gasteiger partial charge is 0.268 e. The van der Waals surface area contributed by atoms with E-state index in [1.165, 1.54) is 6.20 Å². The summed E-state index contributed by atoms with van der Waals surface area (Å²) in [6.07, 6.45) is 4.81. The van der Waals surface area contributed by atoms with Gasteiger partial charge in [-0.2, -0.15) is 0 Å². The highest BCUT2D eigenvalue weighted by atomic mass is 16.5. The van der Waals surface area contributed by atoms with Gasteiger partial charge in [-0.15, -0.1) is 0 Å². The Labute approximate surface area is 169 Å². The number of fused-ring (bicyclic) bond motifs is 1. The first-order valence-corrected chi connectivity index (χ1v) is 9.90. The molecule has 4 rings (SSSR count). The lowest BCUT2D eigenvalue weighted by atomic mass is 10.2. The van der Waals surface area contributed by atoms with Gasteiger partial charge in [-0.05, 0) is 32.0 Å². The number of anilines is 1. The summed E-state index contributed by atoms with van der Waals surface area (Å²) in [6, 6.07) is 6.26. The lowest BCUT2D eigenvalue weighted by molar-refractivity contribution is 0.235. The summed E-state index contributed by atoms with van der Waals surface area (Å²) < 4.78 is 7.44. The third-order valence-corrected chi connectivity index (χ3v) is 5.08. The van der Waals surface area contributed by atoms with Gasteiger partial charge in [-0.3, -0.25) is 14.7 Å². The highest BCUT2D eigenvalue weighted by Gasteiger charge is 2.19. The second kappa shape index (κ2) is 8.16. The van der Waals surface area contributed by atoms with Crippen LogP contribution in [-0.2, 0) is 13.6 Å². The second-order valence-corrected chi connectivity index (χ2v) is 7.64. The average molecular weight is 394 g/mol. The minimum Gasteiger partial charge on any atom is -0.474 e. The van der Waals surface area contributed by atoms with Crippen LogP contribution in [0.3, 0.4) is 0 Å². The van der Waals surface area contributed by atoms with Crippen LogP contribution < -0.4 is 15.2 Å². The van der Waals surface area contributed by atoms with Gasteiger partial charge >= 0.3 is 0 Å². The third-order valence-electron chi connectivity index (χ3n) is 5.08. The van der Waals surface area contributed by atoms with Crippen molar-refractivity contribution in [2.24, 2.45) is 7.05 Å². The fourth-order valence-electron chi connectivity index (χ4n) is 3.56. The van der Waals surface area contributed by atoms with Crippen LogP contribution in [0.5, 0.6) is 5.88 Å². The summed E-state index contributed by atoms with van der Waals surface area (Å²) in [4.78, 5) is 29.2. The molecule has 8 nitrogen and oxygen atoms in total. The van der Waals surface area contributed by atoms with Gasteiger partial charge in [0.2, 0.25) is 5.88 Å².